The molecule has 0 saturated heterocycles. The molecule has 0 saturated carbocycles. The molecule has 0 aromatic carbocycles. The van der Waals surface area contributed by atoms with Crippen LogP contribution in [0.25, 0.3) is 0 Å². The van der Waals surface area contributed by atoms with Gasteiger partial charge in [-0.25, -0.2) is 0 Å². The Bertz CT molecular complexity index is 22.8. The van der Waals surface area contributed by atoms with Crippen LogP contribution in [0.15, 0.2) is 0 Å². The molecular weight excluding hydrogens is 76.9 g/mol. The van der Waals surface area contributed by atoms with Gasteiger partial charge in [-0.2, -0.15) is 0 Å². The molecule has 3 heteroatoms. The van der Waals surface area contributed by atoms with Crippen LogP contribution in [-0.2, 0) is 4.65 Å². The van der Waals surface area contributed by atoms with Crippen molar-refractivity contribution in [1.29, 1.82) is 0 Å². The quantitative estimate of drug-likeness (QED) is 0.350. The fourth-order valence-electron chi connectivity index (χ4n) is 0.228. The fraction of sp³-hybridized carbons (Fsp3) is 1.00. The molecule has 0 rings (SSSR count). The maximum Gasteiger partial charge on any atom is 0.257 e. The van der Waals surface area contributed by atoms with Crippen LogP contribution < -0.4 is 5.73 Å². The highest BCUT2D eigenvalue weighted by Gasteiger charge is 1.74. The first-order chi connectivity index (χ1) is 2.91. The highest BCUT2D eigenvalue weighted by atomic mass is 16.4. The summed E-state index contributed by atoms with van der Waals surface area (Å²) < 4.78 is 4.70. The van der Waals surface area contributed by atoms with E-state index in [1.54, 1.807) is 8.05 Å². The third-order valence-electron chi connectivity index (χ3n) is 0.553. The van der Waals surface area contributed by atoms with Crippen molar-refractivity contribution < 1.29 is 4.65 Å². The van der Waals surface area contributed by atoms with Crippen molar-refractivity contribution in [2.24, 2.45) is 5.73 Å². The Morgan fingerprint density at radius 2 is 2.33 bits per heavy atom. The largest absolute Gasteiger partial charge is 0.444 e. The van der Waals surface area contributed by atoms with Crippen LogP contribution in [0.3, 0.4) is 0 Å². The predicted octanol–water partition coefficient (Wildman–Crippen LogP) is -1.10. The van der Waals surface area contributed by atoms with Crippen molar-refractivity contribution in [2.45, 2.75) is 6.42 Å². The summed E-state index contributed by atoms with van der Waals surface area (Å²) in [6.07, 6.45) is 0.969. The van der Waals surface area contributed by atoms with Crippen LogP contribution in [0, 0.1) is 0 Å². The minimum Gasteiger partial charge on any atom is -0.444 e. The average molecular weight is 86.9 g/mol. The summed E-state index contributed by atoms with van der Waals surface area (Å²) in [6, 6.07) is 0. The molecule has 0 radical (unpaired) electrons. The summed E-state index contributed by atoms with van der Waals surface area (Å²) in [4.78, 5) is 0. The van der Waals surface area contributed by atoms with Crippen LogP contribution in [0.4, 0.5) is 0 Å². The summed E-state index contributed by atoms with van der Waals surface area (Å²) in [5, 5.41) is 0. The second kappa shape index (κ2) is 4.98. The molecule has 0 aliphatic carbocycles. The molecule has 0 aliphatic rings. The van der Waals surface area contributed by atoms with Crippen LogP contribution in [0.5, 0.6) is 0 Å². The first kappa shape index (κ1) is 5.98. The van der Waals surface area contributed by atoms with Crippen molar-refractivity contribution in [3.63, 3.8) is 0 Å². The van der Waals surface area contributed by atoms with Gasteiger partial charge in [0.05, 0.1) is 0 Å². The van der Waals surface area contributed by atoms with E-state index in [0.29, 0.717) is 0 Å². The van der Waals surface area contributed by atoms with Gasteiger partial charge in [0, 0.05) is 6.61 Å². The minimum absolute atomic E-state index is 0.730. The lowest BCUT2D eigenvalue weighted by atomic mass is 10.4. The molecule has 0 aromatic rings. The van der Waals surface area contributed by atoms with Crippen molar-refractivity contribution >= 4 is 8.05 Å². The van der Waals surface area contributed by atoms with E-state index in [1.807, 2.05) is 0 Å². The summed E-state index contributed by atoms with van der Waals surface area (Å²) in [6.45, 7) is 1.52. The normalized spacial score (nSPS) is 8.83. The van der Waals surface area contributed by atoms with Crippen LogP contribution >= 0.6 is 0 Å². The smallest absolute Gasteiger partial charge is 0.257 e. The van der Waals surface area contributed by atoms with Gasteiger partial charge >= 0.3 is 0 Å². The summed E-state index contributed by atoms with van der Waals surface area (Å²) in [5.41, 5.74) is 5.13. The zero-order chi connectivity index (χ0) is 4.83. The second-order valence-corrected chi connectivity index (χ2v) is 1.14. The maximum absolute atomic E-state index is 5.13. The lowest BCUT2D eigenvalue weighted by molar-refractivity contribution is 0.344. The number of hydrogen-bond donors (Lipinski definition) is 1. The van der Waals surface area contributed by atoms with Gasteiger partial charge in [-0.05, 0) is 13.0 Å². The monoisotopic (exact) mass is 87.1 g/mol. The first-order valence-electron chi connectivity index (χ1n) is 2.11. The van der Waals surface area contributed by atoms with Gasteiger partial charge in [0.1, 0.15) is 0 Å². The van der Waals surface area contributed by atoms with E-state index < -0.39 is 0 Å². The van der Waals surface area contributed by atoms with Crippen molar-refractivity contribution in [3.05, 3.63) is 0 Å². The number of nitrogens with two attached hydrogens (primary N) is 1. The molecule has 0 atom stereocenters. The maximum atomic E-state index is 5.13. The number of hydrogen-bond acceptors (Lipinski definition) is 2. The van der Waals surface area contributed by atoms with Gasteiger partial charge in [-0.1, -0.05) is 0 Å². The topological polar surface area (TPSA) is 35.2 Å². The molecule has 2 nitrogen and oxygen atoms in total. The van der Waals surface area contributed by atoms with Crippen LogP contribution in [-0.4, -0.2) is 21.2 Å². The van der Waals surface area contributed by atoms with Crippen LogP contribution in [0.1, 0.15) is 6.42 Å². The van der Waals surface area contributed by atoms with E-state index in [0.717, 1.165) is 19.6 Å². The Kier molecular flexibility index (Phi) is 4.97. The Morgan fingerprint density at radius 3 is 2.50 bits per heavy atom. The van der Waals surface area contributed by atoms with Crippen molar-refractivity contribution in [3.8, 4) is 0 Å². The van der Waals surface area contributed by atoms with Crippen molar-refractivity contribution in [2.75, 3.05) is 13.2 Å². The molecule has 0 aliphatic heterocycles. The fourth-order valence-corrected chi connectivity index (χ4v) is 0.228. The molecule has 0 amide bonds. The molecule has 0 aromatic heterocycles. The van der Waals surface area contributed by atoms with E-state index in [4.69, 9.17) is 10.4 Å². The molecule has 36 valence electrons. The molecular formula is C3H10BNO. The first-order valence-corrected chi connectivity index (χ1v) is 2.11. The van der Waals surface area contributed by atoms with Gasteiger partial charge in [0.15, 0.2) is 0 Å². The average Bonchev–Trinajstić information content (AvgIpc) is 1.61. The van der Waals surface area contributed by atoms with Gasteiger partial charge in [-0.15, -0.1) is 0 Å². The summed E-state index contributed by atoms with van der Waals surface area (Å²) in [5.74, 6) is 0. The molecule has 0 bridgehead atoms. The predicted molar refractivity (Wildman–Crippen MR) is 28.2 cm³/mol. The Morgan fingerprint density at radius 1 is 1.67 bits per heavy atom. The highest BCUT2D eigenvalue weighted by Crippen LogP contribution is 1.70. The zero-order valence-corrected chi connectivity index (χ0v) is 4.11. The Balaban J connectivity index is 2.34. The second-order valence-electron chi connectivity index (χ2n) is 1.14. The molecule has 0 fully saturated rings. The SMILES string of the molecule is BOCCCN. The van der Waals surface area contributed by atoms with Crippen molar-refractivity contribution in [1.82, 2.24) is 0 Å². The third kappa shape index (κ3) is 3.98. The highest BCUT2D eigenvalue weighted by molar-refractivity contribution is 5.97. The van der Waals surface area contributed by atoms with Crippen LogP contribution in [0.2, 0.25) is 0 Å². The molecule has 0 heterocycles. The number of rotatable bonds is 3. The van der Waals surface area contributed by atoms with Gasteiger partial charge in [-0.3, -0.25) is 0 Å². The van der Waals surface area contributed by atoms with Gasteiger partial charge < -0.3 is 10.4 Å². The standard InChI is InChI=1S/C3H10BNO/c4-6-3-1-2-5/h1-5H2. The van der Waals surface area contributed by atoms with E-state index >= 15 is 0 Å². The zero-order valence-electron chi connectivity index (χ0n) is 4.11. The van der Waals surface area contributed by atoms with Gasteiger partial charge in [0.25, 0.3) is 8.05 Å². The lowest BCUT2D eigenvalue weighted by Crippen LogP contribution is -2.02. The Labute approximate surface area is 39.1 Å². The molecule has 0 spiro atoms. The molecule has 6 heavy (non-hydrogen) atoms. The summed E-state index contributed by atoms with van der Waals surface area (Å²) >= 11 is 0. The van der Waals surface area contributed by atoms with E-state index in [2.05, 4.69) is 0 Å². The molecule has 0 unspecified atom stereocenters. The van der Waals surface area contributed by atoms with E-state index in [-0.39, 0.29) is 0 Å². The Hall–Kier alpha value is -0.0151. The summed E-state index contributed by atoms with van der Waals surface area (Å²) in [7, 11) is 1.68. The molecule has 2 N–H and O–H groups in total. The third-order valence-corrected chi connectivity index (χ3v) is 0.553. The minimum atomic E-state index is 0.730. The van der Waals surface area contributed by atoms with Gasteiger partial charge in [0.2, 0.25) is 0 Å². The van der Waals surface area contributed by atoms with E-state index in [1.165, 1.54) is 0 Å². The lowest BCUT2D eigenvalue weighted by Gasteiger charge is -1.90. The van der Waals surface area contributed by atoms with E-state index in [9.17, 15) is 0 Å².